The molecule has 0 atom stereocenters. The van der Waals surface area contributed by atoms with E-state index in [4.69, 9.17) is 5.10 Å². The Morgan fingerprint density at radius 3 is 2.83 bits per heavy atom. The number of hydrogen-bond acceptors (Lipinski definition) is 3. The molecule has 0 aliphatic heterocycles. The van der Waals surface area contributed by atoms with Crippen LogP contribution >= 0.6 is 15.9 Å². The molecule has 0 fully saturated rings. The quantitative estimate of drug-likeness (QED) is 0.672. The van der Waals surface area contributed by atoms with Gasteiger partial charge >= 0.3 is 0 Å². The van der Waals surface area contributed by atoms with Crippen molar-refractivity contribution in [3.05, 3.63) is 47.2 Å². The van der Waals surface area contributed by atoms with Gasteiger partial charge in [-0.3, -0.25) is 9.67 Å². The van der Waals surface area contributed by atoms with E-state index >= 15 is 0 Å². The van der Waals surface area contributed by atoms with E-state index in [1.807, 2.05) is 30.6 Å². The van der Waals surface area contributed by atoms with Crippen molar-refractivity contribution in [1.29, 1.82) is 0 Å². The van der Waals surface area contributed by atoms with Crippen LogP contribution in [-0.4, -0.2) is 39.3 Å². The van der Waals surface area contributed by atoms with Crippen LogP contribution in [0.15, 0.2) is 47.2 Å². The molecule has 23 heavy (non-hydrogen) atoms. The third kappa shape index (κ3) is 3.46. The Bertz CT molecular complexity index is 810. The number of nitrogens with zero attached hydrogens (tertiary/aromatic N) is 4. The maximum absolute atomic E-state index is 4.86. The molecule has 1 aromatic carbocycles. The van der Waals surface area contributed by atoms with E-state index in [-0.39, 0.29) is 0 Å². The summed E-state index contributed by atoms with van der Waals surface area (Å²) in [6.07, 6.45) is 3.73. The highest BCUT2D eigenvalue weighted by molar-refractivity contribution is 9.10. The summed E-state index contributed by atoms with van der Waals surface area (Å²) in [5.74, 6) is 0. The summed E-state index contributed by atoms with van der Waals surface area (Å²) in [4.78, 5) is 6.61. The highest BCUT2D eigenvalue weighted by atomic mass is 79.9. The lowest BCUT2D eigenvalue weighted by molar-refractivity contribution is 0.260. The van der Waals surface area contributed by atoms with Crippen molar-refractivity contribution in [3.8, 4) is 11.3 Å². The fraction of sp³-hybridized carbons (Fsp3) is 0.333. The first-order valence-electron chi connectivity index (χ1n) is 7.83. The first-order chi connectivity index (χ1) is 11.1. The Labute approximate surface area is 145 Å². The molecule has 120 valence electrons. The summed E-state index contributed by atoms with van der Waals surface area (Å²) in [5, 5.41) is 5.96. The van der Waals surface area contributed by atoms with Crippen LogP contribution in [-0.2, 0) is 6.54 Å². The van der Waals surface area contributed by atoms with Crippen molar-refractivity contribution < 1.29 is 0 Å². The van der Waals surface area contributed by atoms with E-state index in [2.05, 4.69) is 63.5 Å². The Hall–Kier alpha value is -1.72. The van der Waals surface area contributed by atoms with Gasteiger partial charge in [0, 0.05) is 40.4 Å². The number of fused-ring (bicyclic) bond motifs is 1. The molecule has 0 N–H and O–H groups in total. The Kier molecular flexibility index (Phi) is 4.78. The molecule has 0 aliphatic rings. The summed E-state index contributed by atoms with van der Waals surface area (Å²) in [5.41, 5.74) is 3.22. The number of halogens is 1. The van der Waals surface area contributed by atoms with E-state index in [0.29, 0.717) is 6.04 Å². The van der Waals surface area contributed by atoms with Crippen LogP contribution < -0.4 is 0 Å². The van der Waals surface area contributed by atoms with Gasteiger partial charge in [0.05, 0.1) is 12.1 Å². The number of benzene rings is 1. The minimum atomic E-state index is 0.531. The van der Waals surface area contributed by atoms with Gasteiger partial charge < -0.3 is 4.90 Å². The van der Waals surface area contributed by atoms with Gasteiger partial charge in [0.2, 0.25) is 0 Å². The summed E-state index contributed by atoms with van der Waals surface area (Å²) >= 11 is 3.54. The Morgan fingerprint density at radius 2 is 2.09 bits per heavy atom. The molecule has 0 spiro atoms. The van der Waals surface area contributed by atoms with Crippen LogP contribution in [0.5, 0.6) is 0 Å². The molecule has 2 heterocycles. The molecule has 3 rings (SSSR count). The average molecular weight is 373 g/mol. The van der Waals surface area contributed by atoms with E-state index in [1.165, 1.54) is 0 Å². The van der Waals surface area contributed by atoms with Gasteiger partial charge in [0.1, 0.15) is 5.69 Å². The van der Waals surface area contributed by atoms with Crippen molar-refractivity contribution in [2.24, 2.45) is 0 Å². The molecule has 4 nitrogen and oxygen atoms in total. The predicted octanol–water partition coefficient (Wildman–Crippen LogP) is 4.20. The molecule has 3 aromatic rings. The largest absolute Gasteiger partial charge is 0.302 e. The van der Waals surface area contributed by atoms with Gasteiger partial charge in [-0.1, -0.05) is 28.1 Å². The lowest BCUT2D eigenvalue weighted by atomic mass is 10.1. The fourth-order valence-electron chi connectivity index (χ4n) is 2.55. The molecule has 0 unspecified atom stereocenters. The molecular weight excluding hydrogens is 352 g/mol. The van der Waals surface area contributed by atoms with Crippen molar-refractivity contribution in [1.82, 2.24) is 19.7 Å². The molecule has 0 bridgehead atoms. The van der Waals surface area contributed by atoms with E-state index in [1.54, 1.807) is 0 Å². The van der Waals surface area contributed by atoms with E-state index < -0.39 is 0 Å². The Morgan fingerprint density at radius 1 is 1.26 bits per heavy atom. The molecule has 0 aliphatic carbocycles. The van der Waals surface area contributed by atoms with Gasteiger partial charge in [-0.25, -0.2) is 0 Å². The van der Waals surface area contributed by atoms with Crippen LogP contribution in [0.2, 0.25) is 0 Å². The lowest BCUT2D eigenvalue weighted by Gasteiger charge is -2.20. The molecule has 5 heteroatoms. The van der Waals surface area contributed by atoms with Gasteiger partial charge in [-0.05, 0) is 39.1 Å². The SMILES string of the molecule is CC(C)N(C)CCn1nc(-c2cccc(Br)c2)c2cnccc21. The van der Waals surface area contributed by atoms with E-state index in [0.717, 1.165) is 39.7 Å². The topological polar surface area (TPSA) is 34.0 Å². The van der Waals surface area contributed by atoms with Gasteiger partial charge in [0.15, 0.2) is 0 Å². The molecule has 0 radical (unpaired) electrons. The smallest absolute Gasteiger partial charge is 0.102 e. The fourth-order valence-corrected chi connectivity index (χ4v) is 2.95. The molecule has 0 saturated heterocycles. The monoisotopic (exact) mass is 372 g/mol. The molecule has 2 aromatic heterocycles. The van der Waals surface area contributed by atoms with Gasteiger partial charge in [0.25, 0.3) is 0 Å². The lowest BCUT2D eigenvalue weighted by Crippen LogP contribution is -2.29. The second-order valence-electron chi connectivity index (χ2n) is 6.05. The first kappa shape index (κ1) is 16.1. The van der Waals surface area contributed by atoms with Crippen LogP contribution in [0.4, 0.5) is 0 Å². The number of likely N-dealkylation sites (N-methyl/N-ethyl adjacent to an activating group) is 1. The van der Waals surface area contributed by atoms with Crippen LogP contribution in [0.3, 0.4) is 0 Å². The molecular formula is C18H21BrN4. The van der Waals surface area contributed by atoms with Gasteiger partial charge in [-0.2, -0.15) is 5.10 Å². The van der Waals surface area contributed by atoms with E-state index in [9.17, 15) is 0 Å². The zero-order valence-corrected chi connectivity index (χ0v) is 15.3. The number of pyridine rings is 1. The maximum atomic E-state index is 4.86. The first-order valence-corrected chi connectivity index (χ1v) is 8.62. The Balaban J connectivity index is 2.00. The van der Waals surface area contributed by atoms with Crippen LogP contribution in [0, 0.1) is 0 Å². The van der Waals surface area contributed by atoms with Crippen molar-refractivity contribution in [3.63, 3.8) is 0 Å². The van der Waals surface area contributed by atoms with Crippen molar-refractivity contribution in [2.45, 2.75) is 26.4 Å². The number of rotatable bonds is 5. The van der Waals surface area contributed by atoms with Crippen molar-refractivity contribution >= 4 is 26.8 Å². The third-order valence-corrected chi connectivity index (χ3v) is 4.69. The van der Waals surface area contributed by atoms with Crippen LogP contribution in [0.1, 0.15) is 13.8 Å². The molecule has 0 saturated carbocycles. The summed E-state index contributed by atoms with van der Waals surface area (Å²) in [7, 11) is 2.15. The summed E-state index contributed by atoms with van der Waals surface area (Å²) < 4.78 is 3.15. The summed E-state index contributed by atoms with van der Waals surface area (Å²) in [6.45, 7) is 6.24. The van der Waals surface area contributed by atoms with Gasteiger partial charge in [-0.15, -0.1) is 0 Å². The highest BCUT2D eigenvalue weighted by Crippen LogP contribution is 2.29. The third-order valence-electron chi connectivity index (χ3n) is 4.20. The van der Waals surface area contributed by atoms with Crippen molar-refractivity contribution in [2.75, 3.05) is 13.6 Å². The minimum absolute atomic E-state index is 0.531. The predicted molar refractivity (Wildman–Crippen MR) is 98.4 cm³/mol. The second kappa shape index (κ2) is 6.81. The molecule has 0 amide bonds. The standard InChI is InChI=1S/C18H21BrN4/c1-13(2)22(3)9-10-23-17-7-8-20-12-16(17)18(21-23)14-5-4-6-15(19)11-14/h4-8,11-13H,9-10H2,1-3H3. The van der Waals surface area contributed by atoms with Crippen LogP contribution in [0.25, 0.3) is 22.2 Å². The highest BCUT2D eigenvalue weighted by Gasteiger charge is 2.13. The summed E-state index contributed by atoms with van der Waals surface area (Å²) in [6, 6.07) is 10.8. The second-order valence-corrected chi connectivity index (χ2v) is 6.96. The number of aromatic nitrogens is 3. The average Bonchev–Trinajstić information content (AvgIpc) is 2.91. The number of hydrogen-bond donors (Lipinski definition) is 0. The zero-order chi connectivity index (χ0) is 16.4. The maximum Gasteiger partial charge on any atom is 0.102 e. The normalized spacial score (nSPS) is 11.7. The zero-order valence-electron chi connectivity index (χ0n) is 13.7. The minimum Gasteiger partial charge on any atom is -0.302 e.